The lowest BCUT2D eigenvalue weighted by atomic mass is 10.1. The molecular weight excluding hydrogens is 427 g/mol. The SMILES string of the molecule is CSc1ccc(/C=N/OC(=O)CC2C3CC3C(=O)N2Cc2cccc(Cl)c2F)cc1. The van der Waals surface area contributed by atoms with Crippen molar-refractivity contribution in [1.29, 1.82) is 0 Å². The number of benzene rings is 2. The van der Waals surface area contributed by atoms with Crippen molar-refractivity contribution in [2.45, 2.75) is 30.3 Å². The molecule has 8 heteroatoms. The molecule has 1 aliphatic heterocycles. The van der Waals surface area contributed by atoms with Gasteiger partial charge in [-0.3, -0.25) is 4.79 Å². The van der Waals surface area contributed by atoms with E-state index in [0.717, 1.165) is 16.9 Å². The molecule has 1 saturated carbocycles. The Morgan fingerprint density at radius 3 is 2.83 bits per heavy atom. The number of hydrogen-bond acceptors (Lipinski definition) is 5. The molecule has 5 nitrogen and oxygen atoms in total. The minimum atomic E-state index is -0.536. The second kappa shape index (κ2) is 8.78. The van der Waals surface area contributed by atoms with Gasteiger partial charge >= 0.3 is 5.97 Å². The monoisotopic (exact) mass is 446 g/mol. The molecule has 0 spiro atoms. The average Bonchev–Trinajstić information content (AvgIpc) is 3.49. The number of oxime groups is 1. The number of thioether (sulfide) groups is 1. The zero-order chi connectivity index (χ0) is 21.3. The molecule has 0 N–H and O–H groups in total. The maximum atomic E-state index is 14.3. The number of hydrogen-bond donors (Lipinski definition) is 0. The van der Waals surface area contributed by atoms with Crippen molar-refractivity contribution in [3.8, 4) is 0 Å². The van der Waals surface area contributed by atoms with Crippen molar-refractivity contribution in [1.82, 2.24) is 4.90 Å². The van der Waals surface area contributed by atoms with E-state index < -0.39 is 11.8 Å². The van der Waals surface area contributed by atoms with Gasteiger partial charge in [0.2, 0.25) is 5.91 Å². The number of piperidine rings is 1. The number of nitrogens with zero attached hydrogens (tertiary/aromatic N) is 2. The van der Waals surface area contributed by atoms with Crippen molar-refractivity contribution >= 4 is 41.5 Å². The Bertz CT molecular complexity index is 998. The number of carbonyl (C=O) groups excluding carboxylic acids is 2. The maximum Gasteiger partial charge on any atom is 0.337 e. The number of fused-ring (bicyclic) bond motifs is 1. The van der Waals surface area contributed by atoms with E-state index >= 15 is 0 Å². The van der Waals surface area contributed by atoms with E-state index in [9.17, 15) is 14.0 Å². The molecule has 1 saturated heterocycles. The van der Waals surface area contributed by atoms with Crippen LogP contribution < -0.4 is 0 Å². The first-order valence-electron chi connectivity index (χ1n) is 9.58. The lowest BCUT2D eigenvalue weighted by Crippen LogP contribution is -2.38. The van der Waals surface area contributed by atoms with Gasteiger partial charge in [0.15, 0.2) is 0 Å². The first kappa shape index (κ1) is 20.9. The summed E-state index contributed by atoms with van der Waals surface area (Å²) in [7, 11) is 0. The van der Waals surface area contributed by atoms with Crippen LogP contribution in [0.25, 0.3) is 0 Å². The topological polar surface area (TPSA) is 59.0 Å². The zero-order valence-corrected chi connectivity index (χ0v) is 17.8. The Hall–Kier alpha value is -2.38. The number of carbonyl (C=O) groups is 2. The van der Waals surface area contributed by atoms with Crippen molar-refractivity contribution in [2.24, 2.45) is 17.0 Å². The molecule has 0 aromatic heterocycles. The highest BCUT2D eigenvalue weighted by Crippen LogP contribution is 2.52. The third-order valence-electron chi connectivity index (χ3n) is 5.55. The first-order valence-corrected chi connectivity index (χ1v) is 11.2. The van der Waals surface area contributed by atoms with Crippen molar-refractivity contribution < 1.29 is 18.8 Å². The van der Waals surface area contributed by atoms with Crippen LogP contribution >= 0.6 is 23.4 Å². The molecule has 1 amide bonds. The Labute approximate surface area is 183 Å². The van der Waals surface area contributed by atoms with Gasteiger partial charge < -0.3 is 9.74 Å². The fourth-order valence-corrected chi connectivity index (χ4v) is 4.49. The fourth-order valence-electron chi connectivity index (χ4n) is 3.89. The minimum absolute atomic E-state index is 0.0140. The predicted octanol–water partition coefficient (Wildman–Crippen LogP) is 4.52. The van der Waals surface area contributed by atoms with Crippen molar-refractivity contribution in [3.05, 3.63) is 64.4 Å². The van der Waals surface area contributed by atoms with Gasteiger partial charge in [0, 0.05) is 29.0 Å². The predicted molar refractivity (Wildman–Crippen MR) is 114 cm³/mol. The second-order valence-electron chi connectivity index (χ2n) is 7.43. The van der Waals surface area contributed by atoms with E-state index in [2.05, 4.69) is 5.16 Å². The summed E-state index contributed by atoms with van der Waals surface area (Å²) in [4.78, 5) is 32.6. The van der Waals surface area contributed by atoms with Gasteiger partial charge in [0.1, 0.15) is 5.82 Å². The molecule has 30 heavy (non-hydrogen) atoms. The van der Waals surface area contributed by atoms with Crippen LogP contribution in [0.3, 0.4) is 0 Å². The molecule has 156 valence electrons. The summed E-state index contributed by atoms with van der Waals surface area (Å²) in [5.74, 6) is -1.08. The van der Waals surface area contributed by atoms with Crippen LogP contribution in [0.2, 0.25) is 5.02 Å². The molecule has 4 rings (SSSR count). The van der Waals surface area contributed by atoms with E-state index in [0.29, 0.717) is 5.56 Å². The lowest BCUT2D eigenvalue weighted by molar-refractivity contribution is -0.145. The fraction of sp³-hybridized carbons (Fsp3) is 0.318. The second-order valence-corrected chi connectivity index (χ2v) is 8.71. The Morgan fingerprint density at radius 2 is 2.10 bits per heavy atom. The lowest BCUT2D eigenvalue weighted by Gasteiger charge is -2.27. The highest BCUT2D eigenvalue weighted by atomic mass is 35.5. The number of halogens is 2. The summed E-state index contributed by atoms with van der Waals surface area (Å²) >= 11 is 7.49. The normalized spacial score (nSPS) is 22.4. The Balaban J connectivity index is 1.38. The smallest absolute Gasteiger partial charge is 0.334 e. The van der Waals surface area contributed by atoms with Crippen LogP contribution in [0.4, 0.5) is 4.39 Å². The molecule has 2 aliphatic rings. The van der Waals surface area contributed by atoms with Crippen LogP contribution in [-0.4, -0.2) is 35.3 Å². The van der Waals surface area contributed by atoms with Gasteiger partial charge in [0.05, 0.1) is 17.7 Å². The Kier molecular flexibility index (Phi) is 6.11. The van der Waals surface area contributed by atoms with Crippen LogP contribution in [-0.2, 0) is 21.0 Å². The van der Waals surface area contributed by atoms with Gasteiger partial charge in [-0.25, -0.2) is 9.18 Å². The number of rotatable bonds is 7. The highest BCUT2D eigenvalue weighted by Gasteiger charge is 2.58. The summed E-state index contributed by atoms with van der Waals surface area (Å²) in [5, 5.41) is 3.78. The maximum absolute atomic E-state index is 14.3. The van der Waals surface area contributed by atoms with Crippen molar-refractivity contribution in [3.63, 3.8) is 0 Å². The van der Waals surface area contributed by atoms with Gasteiger partial charge in [-0.05, 0) is 42.4 Å². The third-order valence-corrected chi connectivity index (χ3v) is 6.59. The van der Waals surface area contributed by atoms with Crippen LogP contribution in [0.15, 0.2) is 52.5 Å². The van der Waals surface area contributed by atoms with Crippen LogP contribution in [0.1, 0.15) is 24.0 Å². The van der Waals surface area contributed by atoms with E-state index in [1.807, 2.05) is 30.5 Å². The molecule has 0 bridgehead atoms. The van der Waals surface area contributed by atoms with Crippen LogP contribution in [0.5, 0.6) is 0 Å². The molecule has 2 fully saturated rings. The van der Waals surface area contributed by atoms with E-state index in [-0.39, 0.29) is 41.8 Å². The first-order chi connectivity index (χ1) is 14.5. The summed E-state index contributed by atoms with van der Waals surface area (Å²) in [6, 6.07) is 12.1. The molecular formula is C22H20ClFN2O3S. The molecule has 3 atom stereocenters. The molecule has 2 aromatic carbocycles. The van der Waals surface area contributed by atoms with Crippen LogP contribution in [0, 0.1) is 17.7 Å². The summed E-state index contributed by atoms with van der Waals surface area (Å²) in [5.41, 5.74) is 1.15. The Morgan fingerprint density at radius 1 is 1.33 bits per heavy atom. The number of likely N-dealkylation sites (tertiary alicyclic amines) is 1. The number of amides is 1. The quantitative estimate of drug-likeness (QED) is 0.271. The van der Waals surface area contributed by atoms with E-state index in [4.69, 9.17) is 16.4 Å². The third kappa shape index (κ3) is 4.37. The summed E-state index contributed by atoms with van der Waals surface area (Å²) < 4.78 is 14.3. The van der Waals surface area contributed by atoms with Crippen molar-refractivity contribution in [2.75, 3.05) is 6.26 Å². The molecule has 3 unspecified atom stereocenters. The largest absolute Gasteiger partial charge is 0.337 e. The van der Waals surface area contributed by atoms with Gasteiger partial charge in [-0.1, -0.05) is 41.0 Å². The summed E-state index contributed by atoms with van der Waals surface area (Å²) in [6.07, 6.45) is 4.25. The average molecular weight is 447 g/mol. The van der Waals surface area contributed by atoms with Gasteiger partial charge in [-0.2, -0.15) is 0 Å². The molecule has 1 heterocycles. The van der Waals surface area contributed by atoms with Gasteiger partial charge in [-0.15, -0.1) is 11.8 Å². The minimum Gasteiger partial charge on any atom is -0.334 e. The van der Waals surface area contributed by atoms with E-state index in [1.54, 1.807) is 28.8 Å². The molecule has 1 aliphatic carbocycles. The van der Waals surface area contributed by atoms with Gasteiger partial charge in [0.25, 0.3) is 0 Å². The van der Waals surface area contributed by atoms with E-state index in [1.165, 1.54) is 12.3 Å². The highest BCUT2D eigenvalue weighted by molar-refractivity contribution is 7.98. The standard InChI is InChI=1S/C22H20ClFN2O3S/c1-30-15-7-5-13(6-8-15)11-25-29-20(27)10-19-16-9-17(16)22(28)26(19)12-14-3-2-4-18(23)21(14)24/h2-8,11,16-17,19H,9-10,12H2,1H3/b25-11+. The molecule has 0 radical (unpaired) electrons. The zero-order valence-electron chi connectivity index (χ0n) is 16.3. The molecule has 2 aromatic rings. The summed E-state index contributed by atoms with van der Waals surface area (Å²) in [6.45, 7) is 0.0846.